The van der Waals surface area contributed by atoms with Crippen molar-refractivity contribution in [3.8, 4) is 11.8 Å². The van der Waals surface area contributed by atoms with Gasteiger partial charge in [0.15, 0.2) is 0 Å². The molecule has 108 valence electrons. The minimum absolute atomic E-state index is 0.350. The predicted molar refractivity (Wildman–Crippen MR) is 86.4 cm³/mol. The summed E-state index contributed by atoms with van der Waals surface area (Å²) in [5, 5.41) is 10.9. The van der Waals surface area contributed by atoms with Gasteiger partial charge in [-0.25, -0.2) is 0 Å². The summed E-state index contributed by atoms with van der Waals surface area (Å²) in [6, 6.07) is 14.6. The number of hydrogen-bond acceptors (Lipinski definition) is 2. The lowest BCUT2D eigenvalue weighted by Crippen LogP contribution is -2.05. The van der Waals surface area contributed by atoms with E-state index in [0.29, 0.717) is 33.8 Å². The highest BCUT2D eigenvalue weighted by Gasteiger charge is 2.15. The third kappa shape index (κ3) is 4.28. The second-order valence-electron chi connectivity index (χ2n) is 4.42. The van der Waals surface area contributed by atoms with Gasteiger partial charge in [0, 0.05) is 16.5 Å². The van der Waals surface area contributed by atoms with E-state index in [2.05, 4.69) is 6.07 Å². The average Bonchev–Trinajstić information content (AvgIpc) is 2.46. The number of para-hydroxylation sites is 1. The van der Waals surface area contributed by atoms with E-state index in [1.165, 1.54) is 0 Å². The van der Waals surface area contributed by atoms with E-state index < -0.39 is 0 Å². The van der Waals surface area contributed by atoms with Gasteiger partial charge in [0.25, 0.3) is 0 Å². The normalized spacial score (nSPS) is 11.7. The zero-order valence-corrected chi connectivity index (χ0v) is 13.3. The lowest BCUT2D eigenvalue weighted by molar-refractivity contribution is 0.306. The molecule has 0 aliphatic carbocycles. The Morgan fingerprint density at radius 3 is 2.48 bits per heavy atom. The van der Waals surface area contributed by atoms with Crippen LogP contribution >= 0.6 is 34.8 Å². The zero-order chi connectivity index (χ0) is 15.2. The van der Waals surface area contributed by atoms with Crippen LogP contribution in [-0.2, 0) is 0 Å². The van der Waals surface area contributed by atoms with E-state index in [9.17, 15) is 5.26 Å². The van der Waals surface area contributed by atoms with Gasteiger partial charge in [-0.05, 0) is 29.8 Å². The van der Waals surface area contributed by atoms with Gasteiger partial charge in [-0.15, -0.1) is 0 Å². The van der Waals surface area contributed by atoms with Crippen molar-refractivity contribution in [1.29, 1.82) is 5.26 Å². The SMILES string of the molecule is N#C[C@@H](CCOc1ccccc1Cl)c1ccc(Cl)cc1Cl. The molecule has 1 atom stereocenters. The van der Waals surface area contributed by atoms with Crippen LogP contribution in [0.5, 0.6) is 5.75 Å². The maximum absolute atomic E-state index is 9.30. The summed E-state index contributed by atoms with van der Waals surface area (Å²) in [5.74, 6) is 0.260. The van der Waals surface area contributed by atoms with Gasteiger partial charge < -0.3 is 4.74 Å². The van der Waals surface area contributed by atoms with Crippen LogP contribution in [-0.4, -0.2) is 6.61 Å². The summed E-state index contributed by atoms with van der Waals surface area (Å²) in [5.41, 5.74) is 0.756. The van der Waals surface area contributed by atoms with Gasteiger partial charge >= 0.3 is 0 Å². The number of benzene rings is 2. The standard InChI is InChI=1S/C16H12Cl3NO/c17-12-5-6-13(15(19)9-12)11(10-20)7-8-21-16-4-2-1-3-14(16)18/h1-6,9,11H,7-8H2/t11-/m1/s1. The first kappa shape index (κ1) is 16.0. The highest BCUT2D eigenvalue weighted by Crippen LogP contribution is 2.30. The number of ether oxygens (including phenoxy) is 1. The average molecular weight is 341 g/mol. The van der Waals surface area contributed by atoms with Crippen molar-refractivity contribution in [2.45, 2.75) is 12.3 Å². The summed E-state index contributed by atoms with van der Waals surface area (Å²) >= 11 is 18.0. The van der Waals surface area contributed by atoms with Crippen molar-refractivity contribution in [3.05, 3.63) is 63.1 Å². The number of halogens is 3. The minimum atomic E-state index is -0.350. The molecule has 0 amide bonds. The predicted octanol–water partition coefficient (Wildman–Crippen LogP) is 5.72. The summed E-state index contributed by atoms with van der Waals surface area (Å²) < 4.78 is 5.60. The third-order valence-corrected chi connectivity index (χ3v) is 3.87. The molecular weight excluding hydrogens is 329 g/mol. The van der Waals surface area contributed by atoms with Crippen LogP contribution in [0.25, 0.3) is 0 Å². The molecule has 0 heterocycles. The van der Waals surface area contributed by atoms with Crippen LogP contribution in [0.4, 0.5) is 0 Å². The van der Waals surface area contributed by atoms with Crippen molar-refractivity contribution < 1.29 is 4.74 Å². The van der Waals surface area contributed by atoms with Crippen LogP contribution < -0.4 is 4.74 Å². The molecule has 0 fully saturated rings. The molecule has 2 aromatic carbocycles. The minimum Gasteiger partial charge on any atom is -0.492 e. The number of rotatable bonds is 5. The Labute approximate surface area is 138 Å². The Bertz CT molecular complexity index is 667. The van der Waals surface area contributed by atoms with E-state index in [0.717, 1.165) is 5.56 Å². The van der Waals surface area contributed by atoms with Gasteiger partial charge in [0.2, 0.25) is 0 Å². The first-order valence-corrected chi connectivity index (χ1v) is 7.47. The Morgan fingerprint density at radius 1 is 1.05 bits per heavy atom. The Hall–Kier alpha value is -1.40. The fourth-order valence-corrected chi connectivity index (χ4v) is 2.65. The largest absolute Gasteiger partial charge is 0.492 e. The number of hydrogen-bond donors (Lipinski definition) is 0. The first-order valence-electron chi connectivity index (χ1n) is 6.33. The summed E-state index contributed by atoms with van der Waals surface area (Å²) in [4.78, 5) is 0. The van der Waals surface area contributed by atoms with E-state index in [-0.39, 0.29) is 5.92 Å². The number of nitriles is 1. The molecule has 0 aromatic heterocycles. The van der Waals surface area contributed by atoms with Gasteiger partial charge in [0.05, 0.1) is 23.6 Å². The highest BCUT2D eigenvalue weighted by molar-refractivity contribution is 6.35. The molecule has 2 nitrogen and oxygen atoms in total. The monoisotopic (exact) mass is 339 g/mol. The van der Waals surface area contributed by atoms with Gasteiger partial charge in [-0.2, -0.15) is 5.26 Å². The van der Waals surface area contributed by atoms with Crippen LogP contribution in [0.15, 0.2) is 42.5 Å². The molecular formula is C16H12Cl3NO. The van der Waals surface area contributed by atoms with Crippen molar-refractivity contribution in [3.63, 3.8) is 0 Å². The maximum Gasteiger partial charge on any atom is 0.137 e. The van der Waals surface area contributed by atoms with E-state index in [1.807, 2.05) is 12.1 Å². The molecule has 0 saturated heterocycles. The Morgan fingerprint density at radius 2 is 1.81 bits per heavy atom. The molecule has 0 saturated carbocycles. The topological polar surface area (TPSA) is 33.0 Å². The van der Waals surface area contributed by atoms with Gasteiger partial charge in [0.1, 0.15) is 5.75 Å². The maximum atomic E-state index is 9.30. The van der Waals surface area contributed by atoms with Crippen molar-refractivity contribution in [2.75, 3.05) is 6.61 Å². The second kappa shape index (κ2) is 7.56. The van der Waals surface area contributed by atoms with E-state index in [1.54, 1.807) is 30.3 Å². The summed E-state index contributed by atoms with van der Waals surface area (Å²) in [6.45, 7) is 0.376. The van der Waals surface area contributed by atoms with E-state index in [4.69, 9.17) is 39.5 Å². The lowest BCUT2D eigenvalue weighted by atomic mass is 9.97. The van der Waals surface area contributed by atoms with Gasteiger partial charge in [-0.1, -0.05) is 53.0 Å². The molecule has 5 heteroatoms. The van der Waals surface area contributed by atoms with Crippen LogP contribution in [0.3, 0.4) is 0 Å². The van der Waals surface area contributed by atoms with Crippen LogP contribution in [0, 0.1) is 11.3 Å². The van der Waals surface area contributed by atoms with Crippen molar-refractivity contribution in [2.24, 2.45) is 0 Å². The molecule has 21 heavy (non-hydrogen) atoms. The smallest absolute Gasteiger partial charge is 0.137 e. The summed E-state index contributed by atoms with van der Waals surface area (Å²) in [6.07, 6.45) is 0.517. The molecule has 0 bridgehead atoms. The molecule has 0 unspecified atom stereocenters. The van der Waals surface area contributed by atoms with Gasteiger partial charge in [-0.3, -0.25) is 0 Å². The Kier molecular flexibility index (Phi) is 5.76. The molecule has 0 spiro atoms. The molecule has 0 radical (unpaired) electrons. The van der Waals surface area contributed by atoms with E-state index >= 15 is 0 Å². The van der Waals surface area contributed by atoms with Crippen molar-refractivity contribution in [1.82, 2.24) is 0 Å². The second-order valence-corrected chi connectivity index (χ2v) is 5.67. The molecule has 0 aliphatic heterocycles. The summed E-state index contributed by atoms with van der Waals surface area (Å²) in [7, 11) is 0. The van der Waals surface area contributed by atoms with Crippen molar-refractivity contribution >= 4 is 34.8 Å². The van der Waals surface area contributed by atoms with Crippen LogP contribution in [0.1, 0.15) is 17.9 Å². The fourth-order valence-electron chi connectivity index (χ4n) is 1.92. The number of nitrogens with zero attached hydrogens (tertiary/aromatic N) is 1. The molecule has 2 rings (SSSR count). The lowest BCUT2D eigenvalue weighted by Gasteiger charge is -2.13. The molecule has 2 aromatic rings. The third-order valence-electron chi connectivity index (χ3n) is 2.99. The molecule has 0 N–H and O–H groups in total. The first-order chi connectivity index (χ1) is 10.1. The quantitative estimate of drug-likeness (QED) is 0.697. The fraction of sp³-hybridized carbons (Fsp3) is 0.188. The Balaban J connectivity index is 2.01. The highest BCUT2D eigenvalue weighted by atomic mass is 35.5. The van der Waals surface area contributed by atoms with Crippen LogP contribution in [0.2, 0.25) is 15.1 Å². The molecule has 0 aliphatic rings. The zero-order valence-electron chi connectivity index (χ0n) is 11.0.